The molecular weight excluding hydrogens is 202 g/mol. The molecule has 0 saturated heterocycles. The SMILES string of the molecule is CCc1noc(-c2ccc(CCN)cc2)n1. The van der Waals surface area contributed by atoms with Gasteiger partial charge in [-0.1, -0.05) is 24.2 Å². The minimum Gasteiger partial charge on any atom is -0.334 e. The van der Waals surface area contributed by atoms with Gasteiger partial charge in [0.1, 0.15) is 0 Å². The Labute approximate surface area is 94.5 Å². The van der Waals surface area contributed by atoms with Crippen molar-refractivity contribution >= 4 is 0 Å². The van der Waals surface area contributed by atoms with Crippen LogP contribution in [0.25, 0.3) is 11.5 Å². The van der Waals surface area contributed by atoms with Crippen molar-refractivity contribution in [1.82, 2.24) is 10.1 Å². The monoisotopic (exact) mass is 217 g/mol. The van der Waals surface area contributed by atoms with Crippen LogP contribution in [0.5, 0.6) is 0 Å². The average molecular weight is 217 g/mol. The number of nitrogens with two attached hydrogens (primary N) is 1. The minimum atomic E-state index is 0.580. The molecule has 0 amide bonds. The van der Waals surface area contributed by atoms with Gasteiger partial charge in [0.2, 0.25) is 0 Å². The van der Waals surface area contributed by atoms with Crippen molar-refractivity contribution in [2.24, 2.45) is 5.73 Å². The molecule has 4 heteroatoms. The number of rotatable bonds is 4. The highest BCUT2D eigenvalue weighted by Crippen LogP contribution is 2.17. The molecule has 0 atom stereocenters. The zero-order chi connectivity index (χ0) is 11.4. The Hall–Kier alpha value is -1.68. The molecule has 0 spiro atoms. The fourth-order valence-corrected chi connectivity index (χ4v) is 1.50. The van der Waals surface area contributed by atoms with E-state index in [1.54, 1.807) is 0 Å². The largest absolute Gasteiger partial charge is 0.334 e. The summed E-state index contributed by atoms with van der Waals surface area (Å²) >= 11 is 0. The molecular formula is C12H15N3O. The number of hydrogen-bond acceptors (Lipinski definition) is 4. The standard InChI is InChI=1S/C12H15N3O/c1-2-11-14-12(16-15-11)10-5-3-9(4-6-10)7-8-13/h3-6H,2,7-8,13H2,1H3. The maximum atomic E-state index is 5.49. The lowest BCUT2D eigenvalue weighted by Gasteiger charge is -1.98. The van der Waals surface area contributed by atoms with E-state index in [1.165, 1.54) is 5.56 Å². The summed E-state index contributed by atoms with van der Waals surface area (Å²) in [7, 11) is 0. The van der Waals surface area contributed by atoms with E-state index in [2.05, 4.69) is 10.1 Å². The van der Waals surface area contributed by atoms with Crippen molar-refractivity contribution in [2.75, 3.05) is 6.54 Å². The van der Waals surface area contributed by atoms with Gasteiger partial charge >= 0.3 is 0 Å². The smallest absolute Gasteiger partial charge is 0.257 e. The lowest BCUT2D eigenvalue weighted by molar-refractivity contribution is 0.423. The van der Waals surface area contributed by atoms with Crippen LogP contribution < -0.4 is 5.73 Å². The van der Waals surface area contributed by atoms with E-state index in [0.717, 1.165) is 24.2 Å². The van der Waals surface area contributed by atoms with E-state index in [0.29, 0.717) is 12.4 Å². The second-order valence-electron chi connectivity index (χ2n) is 3.60. The van der Waals surface area contributed by atoms with Gasteiger partial charge in [0.05, 0.1) is 0 Å². The van der Waals surface area contributed by atoms with E-state index in [4.69, 9.17) is 10.3 Å². The number of aromatic nitrogens is 2. The molecule has 16 heavy (non-hydrogen) atoms. The van der Waals surface area contributed by atoms with E-state index in [9.17, 15) is 0 Å². The fourth-order valence-electron chi connectivity index (χ4n) is 1.50. The van der Waals surface area contributed by atoms with Crippen LogP contribution in [-0.2, 0) is 12.8 Å². The maximum absolute atomic E-state index is 5.49. The van der Waals surface area contributed by atoms with Gasteiger partial charge in [0, 0.05) is 12.0 Å². The van der Waals surface area contributed by atoms with Crippen molar-refractivity contribution in [3.63, 3.8) is 0 Å². The van der Waals surface area contributed by atoms with Gasteiger partial charge in [-0.25, -0.2) is 0 Å². The molecule has 1 aromatic heterocycles. The van der Waals surface area contributed by atoms with Crippen molar-refractivity contribution in [2.45, 2.75) is 19.8 Å². The van der Waals surface area contributed by atoms with Crippen LogP contribution in [0.3, 0.4) is 0 Å². The van der Waals surface area contributed by atoms with Gasteiger partial charge in [-0.15, -0.1) is 0 Å². The zero-order valence-electron chi connectivity index (χ0n) is 9.31. The molecule has 0 aliphatic rings. The number of hydrogen-bond donors (Lipinski definition) is 1. The summed E-state index contributed by atoms with van der Waals surface area (Å²) in [5.41, 5.74) is 7.67. The Morgan fingerprint density at radius 2 is 2.00 bits per heavy atom. The van der Waals surface area contributed by atoms with E-state index in [1.807, 2.05) is 31.2 Å². The number of nitrogens with zero attached hydrogens (tertiary/aromatic N) is 2. The third-order valence-corrected chi connectivity index (χ3v) is 2.42. The van der Waals surface area contributed by atoms with Gasteiger partial charge in [-0.05, 0) is 30.7 Å². The second kappa shape index (κ2) is 4.90. The minimum absolute atomic E-state index is 0.580. The van der Waals surface area contributed by atoms with Crippen LogP contribution in [0.4, 0.5) is 0 Å². The molecule has 0 aliphatic heterocycles. The van der Waals surface area contributed by atoms with Crippen LogP contribution >= 0.6 is 0 Å². The summed E-state index contributed by atoms with van der Waals surface area (Å²) in [4.78, 5) is 4.27. The molecule has 2 N–H and O–H groups in total. The molecule has 0 aliphatic carbocycles. The predicted octanol–water partition coefficient (Wildman–Crippen LogP) is 1.80. The summed E-state index contributed by atoms with van der Waals surface area (Å²) in [5.74, 6) is 1.32. The molecule has 2 rings (SSSR count). The average Bonchev–Trinajstić information content (AvgIpc) is 2.79. The van der Waals surface area contributed by atoms with Crippen LogP contribution in [-0.4, -0.2) is 16.7 Å². The van der Waals surface area contributed by atoms with Crippen LogP contribution in [0.1, 0.15) is 18.3 Å². The molecule has 4 nitrogen and oxygen atoms in total. The lowest BCUT2D eigenvalue weighted by Crippen LogP contribution is -2.02. The summed E-state index contributed by atoms with van der Waals surface area (Å²) in [6.45, 7) is 2.67. The Bertz CT molecular complexity index is 448. The predicted molar refractivity (Wildman–Crippen MR) is 61.9 cm³/mol. The topological polar surface area (TPSA) is 64.9 Å². The van der Waals surface area contributed by atoms with Crippen molar-refractivity contribution in [3.05, 3.63) is 35.7 Å². The summed E-state index contributed by atoms with van der Waals surface area (Å²) in [6.07, 6.45) is 1.68. The van der Waals surface area contributed by atoms with Crippen LogP contribution in [0, 0.1) is 0 Å². The Morgan fingerprint density at radius 1 is 1.25 bits per heavy atom. The normalized spacial score (nSPS) is 10.6. The van der Waals surface area contributed by atoms with Gasteiger partial charge in [0.25, 0.3) is 5.89 Å². The summed E-state index contributed by atoms with van der Waals surface area (Å²) < 4.78 is 5.16. The molecule has 0 bridgehead atoms. The molecule has 0 unspecified atom stereocenters. The van der Waals surface area contributed by atoms with Gasteiger partial charge < -0.3 is 10.3 Å². The van der Waals surface area contributed by atoms with Crippen LogP contribution in [0.2, 0.25) is 0 Å². The lowest BCUT2D eigenvalue weighted by atomic mass is 10.1. The molecule has 1 aromatic carbocycles. The van der Waals surface area contributed by atoms with Crippen LogP contribution in [0.15, 0.2) is 28.8 Å². The van der Waals surface area contributed by atoms with Gasteiger partial charge in [-0.3, -0.25) is 0 Å². The third-order valence-electron chi connectivity index (χ3n) is 2.42. The quantitative estimate of drug-likeness (QED) is 0.848. The highest BCUT2D eigenvalue weighted by molar-refractivity contribution is 5.53. The first kappa shape index (κ1) is 10.8. The molecule has 84 valence electrons. The maximum Gasteiger partial charge on any atom is 0.257 e. The molecule has 0 fully saturated rings. The van der Waals surface area contributed by atoms with Crippen molar-refractivity contribution < 1.29 is 4.52 Å². The number of aryl methyl sites for hydroxylation is 1. The highest BCUT2D eigenvalue weighted by atomic mass is 16.5. The number of benzene rings is 1. The first-order valence-corrected chi connectivity index (χ1v) is 5.45. The Kier molecular flexibility index (Phi) is 3.31. The summed E-state index contributed by atoms with van der Waals surface area (Å²) in [5, 5.41) is 3.86. The third kappa shape index (κ3) is 2.28. The zero-order valence-corrected chi connectivity index (χ0v) is 9.31. The Balaban J connectivity index is 2.20. The van der Waals surface area contributed by atoms with Crippen molar-refractivity contribution in [1.29, 1.82) is 0 Å². The van der Waals surface area contributed by atoms with E-state index >= 15 is 0 Å². The molecule has 1 heterocycles. The van der Waals surface area contributed by atoms with Gasteiger partial charge in [0.15, 0.2) is 5.82 Å². The molecule has 0 saturated carbocycles. The Morgan fingerprint density at radius 3 is 2.56 bits per heavy atom. The molecule has 2 aromatic rings. The first-order chi connectivity index (χ1) is 7.83. The fraction of sp³-hybridized carbons (Fsp3) is 0.333. The molecule has 0 radical (unpaired) electrons. The first-order valence-electron chi connectivity index (χ1n) is 5.45. The van der Waals surface area contributed by atoms with Gasteiger partial charge in [-0.2, -0.15) is 4.98 Å². The summed E-state index contributed by atoms with van der Waals surface area (Å²) in [6, 6.07) is 8.05. The van der Waals surface area contributed by atoms with Crippen molar-refractivity contribution in [3.8, 4) is 11.5 Å². The second-order valence-corrected chi connectivity index (χ2v) is 3.60. The highest BCUT2D eigenvalue weighted by Gasteiger charge is 2.06. The van der Waals surface area contributed by atoms with E-state index < -0.39 is 0 Å². The van der Waals surface area contributed by atoms with E-state index in [-0.39, 0.29) is 0 Å².